The number of nitrogens with zero attached hydrogens (tertiary/aromatic N) is 2. The maximum absolute atomic E-state index is 5.47. The van der Waals surface area contributed by atoms with E-state index in [4.69, 9.17) is 5.73 Å². The minimum Gasteiger partial charge on any atom is -0.325 e. The van der Waals surface area contributed by atoms with Gasteiger partial charge in [0.25, 0.3) is 0 Å². The molecule has 3 nitrogen and oxygen atoms in total. The summed E-state index contributed by atoms with van der Waals surface area (Å²) in [6.07, 6.45) is 3.55. The van der Waals surface area contributed by atoms with Gasteiger partial charge in [0, 0.05) is 29.9 Å². The lowest BCUT2D eigenvalue weighted by molar-refractivity contribution is 1.04. The zero-order chi connectivity index (χ0) is 9.10. The van der Waals surface area contributed by atoms with Gasteiger partial charge in [-0.25, -0.2) is 4.98 Å². The van der Waals surface area contributed by atoms with Gasteiger partial charge in [0.1, 0.15) is 5.01 Å². The molecule has 0 bridgehead atoms. The number of pyridine rings is 1. The predicted molar refractivity (Wildman–Crippen MR) is 53.2 cm³/mol. The predicted octanol–water partition coefficient (Wildman–Crippen LogP) is 1.66. The maximum Gasteiger partial charge on any atom is 0.107 e. The van der Waals surface area contributed by atoms with Crippen molar-refractivity contribution in [1.82, 2.24) is 9.97 Å². The number of hydrogen-bond donors (Lipinski definition) is 1. The standard InChI is InChI=1S/C9H9N3S/c10-4-9-12-8(6-13-9)7-2-1-3-11-5-7/h1-3,5-6H,4,10H2. The molecule has 4 heteroatoms. The van der Waals surface area contributed by atoms with Crippen LogP contribution in [0.3, 0.4) is 0 Å². The molecule has 0 spiro atoms. The van der Waals surface area contributed by atoms with Crippen molar-refractivity contribution in [2.24, 2.45) is 5.73 Å². The van der Waals surface area contributed by atoms with Gasteiger partial charge in [-0.2, -0.15) is 0 Å². The number of hydrogen-bond acceptors (Lipinski definition) is 4. The number of thiazole rings is 1. The van der Waals surface area contributed by atoms with Crippen molar-refractivity contribution in [3.63, 3.8) is 0 Å². The average molecular weight is 191 g/mol. The highest BCUT2D eigenvalue weighted by Crippen LogP contribution is 2.20. The minimum absolute atomic E-state index is 0.505. The smallest absolute Gasteiger partial charge is 0.107 e. The summed E-state index contributed by atoms with van der Waals surface area (Å²) in [6.45, 7) is 0.505. The molecule has 0 aliphatic heterocycles. The Morgan fingerprint density at radius 2 is 2.38 bits per heavy atom. The van der Waals surface area contributed by atoms with Crippen LogP contribution in [0.1, 0.15) is 5.01 Å². The van der Waals surface area contributed by atoms with Crippen LogP contribution in [0, 0.1) is 0 Å². The molecule has 2 heterocycles. The van der Waals surface area contributed by atoms with Crippen molar-refractivity contribution in [3.8, 4) is 11.3 Å². The Bertz CT molecular complexity index is 383. The quantitative estimate of drug-likeness (QED) is 0.785. The van der Waals surface area contributed by atoms with Crippen LogP contribution in [0.5, 0.6) is 0 Å². The van der Waals surface area contributed by atoms with E-state index in [0.717, 1.165) is 16.3 Å². The number of nitrogens with two attached hydrogens (primary N) is 1. The van der Waals surface area contributed by atoms with Crippen LogP contribution in [0.4, 0.5) is 0 Å². The zero-order valence-corrected chi connectivity index (χ0v) is 7.79. The van der Waals surface area contributed by atoms with E-state index < -0.39 is 0 Å². The van der Waals surface area contributed by atoms with E-state index in [0.29, 0.717) is 6.54 Å². The van der Waals surface area contributed by atoms with Crippen LogP contribution >= 0.6 is 11.3 Å². The highest BCUT2D eigenvalue weighted by Gasteiger charge is 2.01. The molecule has 0 amide bonds. The molecule has 0 aromatic carbocycles. The van der Waals surface area contributed by atoms with Crippen LogP contribution < -0.4 is 5.73 Å². The largest absolute Gasteiger partial charge is 0.325 e. The van der Waals surface area contributed by atoms with Gasteiger partial charge in [0.05, 0.1) is 5.69 Å². The average Bonchev–Trinajstić information content (AvgIpc) is 2.67. The summed E-state index contributed by atoms with van der Waals surface area (Å²) in [6, 6.07) is 3.89. The monoisotopic (exact) mass is 191 g/mol. The van der Waals surface area contributed by atoms with Crippen LogP contribution in [-0.4, -0.2) is 9.97 Å². The second-order valence-electron chi connectivity index (χ2n) is 2.57. The molecule has 66 valence electrons. The number of aromatic nitrogens is 2. The molecule has 0 aliphatic rings. The molecule has 0 atom stereocenters. The van der Waals surface area contributed by atoms with E-state index in [9.17, 15) is 0 Å². The molecule has 13 heavy (non-hydrogen) atoms. The lowest BCUT2D eigenvalue weighted by Crippen LogP contribution is -1.94. The van der Waals surface area contributed by atoms with Crippen LogP contribution in [0.25, 0.3) is 11.3 Å². The van der Waals surface area contributed by atoms with Crippen LogP contribution in [0.2, 0.25) is 0 Å². The first-order valence-electron chi connectivity index (χ1n) is 3.95. The SMILES string of the molecule is NCc1nc(-c2cccnc2)cs1. The summed E-state index contributed by atoms with van der Waals surface area (Å²) in [4.78, 5) is 8.38. The van der Waals surface area contributed by atoms with E-state index in [2.05, 4.69) is 9.97 Å². The molecule has 0 saturated carbocycles. The fourth-order valence-corrected chi connectivity index (χ4v) is 1.74. The zero-order valence-electron chi connectivity index (χ0n) is 6.97. The molecule has 0 aliphatic carbocycles. The van der Waals surface area contributed by atoms with Gasteiger partial charge in [-0.05, 0) is 12.1 Å². The molecular formula is C9H9N3S. The molecule has 0 radical (unpaired) electrons. The van der Waals surface area contributed by atoms with Crippen molar-refractivity contribution in [2.75, 3.05) is 0 Å². The Morgan fingerprint density at radius 1 is 1.46 bits per heavy atom. The number of rotatable bonds is 2. The van der Waals surface area contributed by atoms with Gasteiger partial charge in [0.2, 0.25) is 0 Å². The second kappa shape index (κ2) is 3.64. The third-order valence-electron chi connectivity index (χ3n) is 1.68. The topological polar surface area (TPSA) is 51.8 Å². The maximum atomic E-state index is 5.47. The second-order valence-corrected chi connectivity index (χ2v) is 3.51. The summed E-state index contributed by atoms with van der Waals surface area (Å²) in [5, 5.41) is 2.96. The van der Waals surface area contributed by atoms with E-state index in [1.54, 1.807) is 23.7 Å². The van der Waals surface area contributed by atoms with E-state index in [1.165, 1.54) is 0 Å². The highest BCUT2D eigenvalue weighted by atomic mass is 32.1. The van der Waals surface area contributed by atoms with E-state index >= 15 is 0 Å². The highest BCUT2D eigenvalue weighted by molar-refractivity contribution is 7.09. The third kappa shape index (κ3) is 1.74. The van der Waals surface area contributed by atoms with E-state index in [-0.39, 0.29) is 0 Å². The molecule has 0 saturated heterocycles. The normalized spacial score (nSPS) is 10.2. The van der Waals surface area contributed by atoms with Crippen LogP contribution in [-0.2, 0) is 6.54 Å². The van der Waals surface area contributed by atoms with Crippen molar-refractivity contribution < 1.29 is 0 Å². The van der Waals surface area contributed by atoms with Gasteiger partial charge >= 0.3 is 0 Å². The fourth-order valence-electron chi connectivity index (χ4n) is 1.05. The first-order chi connectivity index (χ1) is 6.40. The van der Waals surface area contributed by atoms with Gasteiger partial charge < -0.3 is 5.73 Å². The summed E-state index contributed by atoms with van der Waals surface area (Å²) in [5.74, 6) is 0. The lowest BCUT2D eigenvalue weighted by atomic mass is 10.2. The summed E-state index contributed by atoms with van der Waals surface area (Å²) >= 11 is 1.58. The molecule has 2 N–H and O–H groups in total. The first-order valence-corrected chi connectivity index (χ1v) is 4.83. The van der Waals surface area contributed by atoms with Gasteiger partial charge in [-0.3, -0.25) is 4.98 Å². The molecule has 2 aromatic rings. The van der Waals surface area contributed by atoms with Crippen molar-refractivity contribution in [3.05, 3.63) is 34.9 Å². The minimum atomic E-state index is 0.505. The molecule has 0 fully saturated rings. The Hall–Kier alpha value is -1.26. The Labute approximate surface area is 80.3 Å². The summed E-state index contributed by atoms with van der Waals surface area (Å²) in [7, 11) is 0. The summed E-state index contributed by atoms with van der Waals surface area (Å²) < 4.78 is 0. The van der Waals surface area contributed by atoms with Gasteiger partial charge in [-0.1, -0.05) is 0 Å². The molecule has 2 rings (SSSR count). The molecule has 2 aromatic heterocycles. The molecular weight excluding hydrogens is 182 g/mol. The van der Waals surface area contributed by atoms with Gasteiger partial charge in [-0.15, -0.1) is 11.3 Å². The summed E-state index contributed by atoms with van der Waals surface area (Å²) in [5.41, 5.74) is 7.47. The Morgan fingerprint density at radius 3 is 3.00 bits per heavy atom. The van der Waals surface area contributed by atoms with Crippen molar-refractivity contribution in [1.29, 1.82) is 0 Å². The fraction of sp³-hybridized carbons (Fsp3) is 0.111. The van der Waals surface area contributed by atoms with Crippen LogP contribution in [0.15, 0.2) is 29.9 Å². The molecule has 0 unspecified atom stereocenters. The van der Waals surface area contributed by atoms with E-state index in [1.807, 2.05) is 17.5 Å². The van der Waals surface area contributed by atoms with Crippen molar-refractivity contribution >= 4 is 11.3 Å². The Kier molecular flexibility index (Phi) is 2.33. The first kappa shape index (κ1) is 8.34. The third-order valence-corrected chi connectivity index (χ3v) is 2.55. The van der Waals surface area contributed by atoms with Gasteiger partial charge in [0.15, 0.2) is 0 Å². The lowest BCUT2D eigenvalue weighted by Gasteiger charge is -1.92. The van der Waals surface area contributed by atoms with Crippen molar-refractivity contribution in [2.45, 2.75) is 6.54 Å². The Balaban J connectivity index is 2.36.